The molecule has 0 saturated heterocycles. The maximum Gasteiger partial charge on any atom is 0.262 e. The Morgan fingerprint density at radius 2 is 1.95 bits per heavy atom. The van der Waals surface area contributed by atoms with E-state index in [-0.39, 0.29) is 17.2 Å². The first-order valence-electron chi connectivity index (χ1n) is 6.02. The van der Waals surface area contributed by atoms with E-state index in [1.54, 1.807) is 13.0 Å². The van der Waals surface area contributed by atoms with Crippen LogP contribution in [-0.4, -0.2) is 13.5 Å². The predicted molar refractivity (Wildman–Crippen MR) is 82.0 cm³/mol. The molecule has 7 heteroatoms. The second-order valence-corrected chi connectivity index (χ2v) is 6.95. The Bertz CT molecular complexity index is 778. The molecule has 0 aliphatic carbocycles. The SMILES string of the molecule is Cc1c(Br)cc(CO)cc1S(=O)(=O)Nc1ccccc1F. The number of rotatable bonds is 4. The van der Waals surface area contributed by atoms with Crippen molar-refractivity contribution in [2.24, 2.45) is 0 Å². The number of nitrogens with one attached hydrogen (secondary N) is 1. The lowest BCUT2D eigenvalue weighted by atomic mass is 10.2. The molecule has 0 unspecified atom stereocenters. The maximum absolute atomic E-state index is 13.6. The van der Waals surface area contributed by atoms with Crippen molar-refractivity contribution in [3.8, 4) is 0 Å². The van der Waals surface area contributed by atoms with Crippen LogP contribution in [0.4, 0.5) is 10.1 Å². The maximum atomic E-state index is 13.6. The second kappa shape index (κ2) is 6.13. The van der Waals surface area contributed by atoms with Gasteiger partial charge in [0.1, 0.15) is 5.82 Å². The zero-order valence-corrected chi connectivity index (χ0v) is 13.5. The van der Waals surface area contributed by atoms with Crippen molar-refractivity contribution in [2.75, 3.05) is 4.72 Å². The number of halogens is 2. The number of aliphatic hydroxyl groups is 1. The normalized spacial score (nSPS) is 11.4. The summed E-state index contributed by atoms with van der Waals surface area (Å²) < 4.78 is 41.2. The summed E-state index contributed by atoms with van der Waals surface area (Å²) in [6.45, 7) is 1.34. The van der Waals surface area contributed by atoms with Crippen molar-refractivity contribution in [1.29, 1.82) is 0 Å². The van der Waals surface area contributed by atoms with Gasteiger partial charge in [-0.15, -0.1) is 0 Å². The Hall–Kier alpha value is -1.44. The molecule has 0 heterocycles. The molecule has 112 valence electrons. The Morgan fingerprint density at radius 1 is 1.29 bits per heavy atom. The van der Waals surface area contributed by atoms with Crippen LogP contribution in [0.3, 0.4) is 0 Å². The van der Waals surface area contributed by atoms with Crippen LogP contribution in [-0.2, 0) is 16.6 Å². The lowest BCUT2D eigenvalue weighted by molar-refractivity contribution is 0.281. The summed E-state index contributed by atoms with van der Waals surface area (Å²) in [6.07, 6.45) is 0. The molecule has 2 aromatic rings. The van der Waals surface area contributed by atoms with Crippen LogP contribution in [0, 0.1) is 12.7 Å². The first-order chi connectivity index (χ1) is 9.85. The first kappa shape index (κ1) is 15.9. The fraction of sp³-hybridized carbons (Fsp3) is 0.143. The minimum Gasteiger partial charge on any atom is -0.392 e. The van der Waals surface area contributed by atoms with Gasteiger partial charge in [0.25, 0.3) is 10.0 Å². The molecule has 2 N–H and O–H groups in total. The fourth-order valence-corrected chi connectivity index (χ4v) is 3.84. The first-order valence-corrected chi connectivity index (χ1v) is 8.30. The van der Waals surface area contributed by atoms with E-state index in [9.17, 15) is 17.9 Å². The van der Waals surface area contributed by atoms with Gasteiger partial charge in [-0.2, -0.15) is 0 Å². The van der Waals surface area contributed by atoms with Gasteiger partial charge in [-0.05, 0) is 42.3 Å². The van der Waals surface area contributed by atoms with Gasteiger partial charge in [0.05, 0.1) is 17.2 Å². The highest BCUT2D eigenvalue weighted by atomic mass is 79.9. The van der Waals surface area contributed by atoms with E-state index in [0.717, 1.165) is 0 Å². The summed E-state index contributed by atoms with van der Waals surface area (Å²) >= 11 is 3.25. The van der Waals surface area contributed by atoms with E-state index in [0.29, 0.717) is 15.6 Å². The van der Waals surface area contributed by atoms with Crippen LogP contribution < -0.4 is 4.72 Å². The van der Waals surface area contributed by atoms with Crippen LogP contribution in [0.15, 0.2) is 45.8 Å². The number of hydrogen-bond donors (Lipinski definition) is 2. The molecular weight excluding hydrogens is 361 g/mol. The zero-order chi connectivity index (χ0) is 15.6. The average Bonchev–Trinajstić information content (AvgIpc) is 2.43. The zero-order valence-electron chi connectivity index (χ0n) is 11.1. The van der Waals surface area contributed by atoms with Crippen LogP contribution in [0.1, 0.15) is 11.1 Å². The lowest BCUT2D eigenvalue weighted by Gasteiger charge is -2.13. The van der Waals surface area contributed by atoms with Crippen LogP contribution in [0.5, 0.6) is 0 Å². The van der Waals surface area contributed by atoms with Gasteiger partial charge in [0, 0.05) is 4.47 Å². The van der Waals surface area contributed by atoms with Gasteiger partial charge in [-0.25, -0.2) is 12.8 Å². The number of hydrogen-bond acceptors (Lipinski definition) is 3. The molecule has 0 spiro atoms. The highest BCUT2D eigenvalue weighted by molar-refractivity contribution is 9.10. The molecule has 0 aliphatic heterocycles. The van der Waals surface area contributed by atoms with Crippen LogP contribution in [0.25, 0.3) is 0 Å². The number of para-hydroxylation sites is 1. The van der Waals surface area contributed by atoms with E-state index in [2.05, 4.69) is 20.7 Å². The van der Waals surface area contributed by atoms with Gasteiger partial charge >= 0.3 is 0 Å². The molecule has 21 heavy (non-hydrogen) atoms. The van der Waals surface area contributed by atoms with E-state index >= 15 is 0 Å². The quantitative estimate of drug-likeness (QED) is 0.864. The van der Waals surface area contributed by atoms with E-state index < -0.39 is 15.8 Å². The van der Waals surface area contributed by atoms with Gasteiger partial charge in [-0.1, -0.05) is 28.1 Å². The topological polar surface area (TPSA) is 66.4 Å². The molecule has 0 atom stereocenters. The Morgan fingerprint density at radius 3 is 2.57 bits per heavy atom. The summed E-state index contributed by atoms with van der Waals surface area (Å²) in [5.41, 5.74) is 0.805. The van der Waals surface area contributed by atoms with Crippen LogP contribution >= 0.6 is 15.9 Å². The minimum atomic E-state index is -3.95. The molecule has 0 saturated carbocycles. The minimum absolute atomic E-state index is 0.0100. The molecule has 0 aromatic heterocycles. The summed E-state index contributed by atoms with van der Waals surface area (Å²) in [5.74, 6) is -0.656. The number of aliphatic hydroxyl groups excluding tert-OH is 1. The predicted octanol–water partition coefficient (Wildman–Crippen LogP) is 3.19. The van der Waals surface area contributed by atoms with Gasteiger partial charge in [-0.3, -0.25) is 4.72 Å². The summed E-state index contributed by atoms with van der Waals surface area (Å²) in [7, 11) is -3.95. The fourth-order valence-electron chi connectivity index (χ4n) is 1.82. The lowest BCUT2D eigenvalue weighted by Crippen LogP contribution is -2.16. The number of benzene rings is 2. The third-order valence-corrected chi connectivity index (χ3v) is 5.26. The molecule has 2 aromatic carbocycles. The summed E-state index contributed by atoms with van der Waals surface area (Å²) in [5, 5.41) is 9.18. The summed E-state index contributed by atoms with van der Waals surface area (Å²) in [6, 6.07) is 8.52. The largest absolute Gasteiger partial charge is 0.392 e. The number of anilines is 1. The molecule has 0 amide bonds. The van der Waals surface area contributed by atoms with Crippen molar-refractivity contribution in [3.05, 3.63) is 57.8 Å². The Kier molecular flexibility index (Phi) is 4.65. The van der Waals surface area contributed by atoms with E-state index in [4.69, 9.17) is 0 Å². The third kappa shape index (κ3) is 3.42. The van der Waals surface area contributed by atoms with Crippen molar-refractivity contribution < 1.29 is 17.9 Å². The van der Waals surface area contributed by atoms with Crippen molar-refractivity contribution in [1.82, 2.24) is 0 Å². The highest BCUT2D eigenvalue weighted by Gasteiger charge is 2.20. The standard InChI is InChI=1S/C14H13BrFNO3S/c1-9-11(15)6-10(8-18)7-14(9)21(19,20)17-13-5-3-2-4-12(13)16/h2-7,17-18H,8H2,1H3. The van der Waals surface area contributed by atoms with Crippen molar-refractivity contribution >= 4 is 31.6 Å². The molecule has 4 nitrogen and oxygen atoms in total. The summed E-state index contributed by atoms with van der Waals surface area (Å²) in [4.78, 5) is -0.0100. The molecule has 0 aliphatic rings. The van der Waals surface area contributed by atoms with Gasteiger partial charge in [0.2, 0.25) is 0 Å². The molecular formula is C14H13BrFNO3S. The highest BCUT2D eigenvalue weighted by Crippen LogP contribution is 2.28. The third-order valence-electron chi connectivity index (χ3n) is 2.95. The Labute approximate surface area is 130 Å². The smallest absolute Gasteiger partial charge is 0.262 e. The van der Waals surface area contributed by atoms with Gasteiger partial charge < -0.3 is 5.11 Å². The van der Waals surface area contributed by atoms with Crippen LogP contribution in [0.2, 0.25) is 0 Å². The average molecular weight is 374 g/mol. The Balaban J connectivity index is 2.50. The second-order valence-electron chi connectivity index (χ2n) is 4.44. The monoisotopic (exact) mass is 373 g/mol. The van der Waals surface area contributed by atoms with Crippen molar-refractivity contribution in [3.63, 3.8) is 0 Å². The van der Waals surface area contributed by atoms with E-state index in [1.165, 1.54) is 30.3 Å². The molecule has 0 radical (unpaired) electrons. The molecule has 0 fully saturated rings. The number of sulfonamides is 1. The molecule has 0 bridgehead atoms. The van der Waals surface area contributed by atoms with Gasteiger partial charge in [0.15, 0.2) is 0 Å². The molecule has 2 rings (SSSR count). The van der Waals surface area contributed by atoms with Crippen molar-refractivity contribution in [2.45, 2.75) is 18.4 Å². The van der Waals surface area contributed by atoms with E-state index in [1.807, 2.05) is 0 Å².